The fourth-order valence-corrected chi connectivity index (χ4v) is 1.43. The lowest BCUT2D eigenvalue weighted by Crippen LogP contribution is -2.26. The van der Waals surface area contributed by atoms with E-state index in [1.54, 1.807) is 6.20 Å². The maximum Gasteiger partial charge on any atom is 0.148 e. The summed E-state index contributed by atoms with van der Waals surface area (Å²) in [5.41, 5.74) is 5.68. The van der Waals surface area contributed by atoms with Gasteiger partial charge in [0.05, 0.1) is 6.20 Å². The zero-order valence-corrected chi connectivity index (χ0v) is 9.12. The number of nitrogens with one attached hydrogen (secondary N) is 1. The van der Waals surface area contributed by atoms with E-state index in [4.69, 9.17) is 17.3 Å². The molecule has 1 aromatic rings. The van der Waals surface area contributed by atoms with Crippen molar-refractivity contribution in [3.8, 4) is 0 Å². The third-order valence-corrected chi connectivity index (χ3v) is 2.05. The molecule has 0 saturated heterocycles. The quantitative estimate of drug-likeness (QED) is 0.801. The third-order valence-electron chi connectivity index (χ3n) is 1.78. The van der Waals surface area contributed by atoms with E-state index < -0.39 is 0 Å². The number of halogens is 1. The van der Waals surface area contributed by atoms with Crippen LogP contribution in [0.25, 0.3) is 0 Å². The molecule has 0 fully saturated rings. The maximum absolute atomic E-state index is 5.89. The lowest BCUT2D eigenvalue weighted by Gasteiger charge is -2.16. The molecule has 5 heteroatoms. The number of nitrogens with zero attached hydrogens (tertiary/aromatic N) is 2. The molecule has 1 heterocycles. The first-order valence-electron chi connectivity index (χ1n) is 4.57. The maximum atomic E-state index is 5.89. The smallest absolute Gasteiger partial charge is 0.148 e. The molecule has 0 saturated carbocycles. The summed E-state index contributed by atoms with van der Waals surface area (Å²) in [6.45, 7) is 4.02. The molecule has 0 aliphatic carbocycles. The second-order valence-electron chi connectivity index (χ2n) is 3.48. The number of rotatable bonds is 4. The minimum atomic E-state index is 0.165. The predicted molar refractivity (Wildman–Crippen MR) is 58.4 cm³/mol. The van der Waals surface area contributed by atoms with Crippen molar-refractivity contribution in [2.45, 2.75) is 32.4 Å². The Morgan fingerprint density at radius 2 is 2.29 bits per heavy atom. The average Bonchev–Trinajstić information content (AvgIpc) is 2.07. The van der Waals surface area contributed by atoms with Crippen molar-refractivity contribution in [1.29, 1.82) is 0 Å². The number of aromatic nitrogens is 2. The molecule has 0 radical (unpaired) electrons. The van der Waals surface area contributed by atoms with Gasteiger partial charge in [-0.1, -0.05) is 11.6 Å². The summed E-state index contributed by atoms with van der Waals surface area (Å²) in [7, 11) is 0. The van der Waals surface area contributed by atoms with Crippen LogP contribution < -0.4 is 11.1 Å². The Kier molecular flexibility index (Phi) is 4.10. The van der Waals surface area contributed by atoms with Crippen molar-refractivity contribution in [3.63, 3.8) is 0 Å². The number of nitrogens with two attached hydrogens (primary N) is 1. The van der Waals surface area contributed by atoms with Gasteiger partial charge in [0.25, 0.3) is 0 Å². The van der Waals surface area contributed by atoms with Gasteiger partial charge in [0.1, 0.15) is 17.2 Å². The average molecular weight is 215 g/mol. The van der Waals surface area contributed by atoms with Crippen LogP contribution in [0.4, 0.5) is 5.82 Å². The molecule has 78 valence electrons. The minimum Gasteiger partial charge on any atom is -0.366 e. The standard InChI is InChI=1S/C9H15ClN4/c1-6(11)3-7(2)14-9-8(10)4-12-5-13-9/h4-7H,3,11H2,1-2H3,(H,12,13,14). The van der Waals surface area contributed by atoms with Crippen LogP contribution >= 0.6 is 11.6 Å². The van der Waals surface area contributed by atoms with Gasteiger partial charge in [0.15, 0.2) is 0 Å². The zero-order valence-electron chi connectivity index (χ0n) is 8.37. The first-order chi connectivity index (χ1) is 6.59. The highest BCUT2D eigenvalue weighted by molar-refractivity contribution is 6.32. The van der Waals surface area contributed by atoms with Gasteiger partial charge in [-0.25, -0.2) is 9.97 Å². The number of hydrogen-bond donors (Lipinski definition) is 2. The molecule has 0 bridgehead atoms. The van der Waals surface area contributed by atoms with Crippen molar-refractivity contribution >= 4 is 17.4 Å². The summed E-state index contributed by atoms with van der Waals surface area (Å²) in [5, 5.41) is 3.71. The molecular weight excluding hydrogens is 200 g/mol. The highest BCUT2D eigenvalue weighted by Crippen LogP contribution is 2.17. The van der Waals surface area contributed by atoms with Crippen LogP contribution in [0.15, 0.2) is 12.5 Å². The Labute approximate surface area is 88.9 Å². The van der Waals surface area contributed by atoms with E-state index in [0.717, 1.165) is 6.42 Å². The minimum absolute atomic E-state index is 0.165. The van der Waals surface area contributed by atoms with Gasteiger partial charge in [0.2, 0.25) is 0 Å². The van der Waals surface area contributed by atoms with Crippen LogP contribution in [-0.2, 0) is 0 Å². The van der Waals surface area contributed by atoms with Gasteiger partial charge in [-0.15, -0.1) is 0 Å². The molecule has 2 atom stereocenters. The molecule has 0 spiro atoms. The van der Waals surface area contributed by atoms with Gasteiger partial charge in [0, 0.05) is 12.1 Å². The van der Waals surface area contributed by atoms with Crippen LogP contribution in [0.5, 0.6) is 0 Å². The van der Waals surface area contributed by atoms with E-state index in [-0.39, 0.29) is 12.1 Å². The topological polar surface area (TPSA) is 63.8 Å². The molecular formula is C9H15ClN4. The number of anilines is 1. The highest BCUT2D eigenvalue weighted by atomic mass is 35.5. The SMILES string of the molecule is CC(N)CC(C)Nc1ncncc1Cl. The molecule has 1 aromatic heterocycles. The summed E-state index contributed by atoms with van der Waals surface area (Å²) >= 11 is 5.89. The molecule has 4 nitrogen and oxygen atoms in total. The van der Waals surface area contributed by atoms with E-state index >= 15 is 0 Å². The van der Waals surface area contributed by atoms with E-state index in [1.165, 1.54) is 6.33 Å². The molecule has 0 amide bonds. The van der Waals surface area contributed by atoms with Gasteiger partial charge >= 0.3 is 0 Å². The van der Waals surface area contributed by atoms with Gasteiger partial charge < -0.3 is 11.1 Å². The Morgan fingerprint density at radius 3 is 2.86 bits per heavy atom. The first kappa shape index (κ1) is 11.2. The molecule has 0 aliphatic rings. The summed E-state index contributed by atoms with van der Waals surface area (Å²) in [4.78, 5) is 7.84. The van der Waals surface area contributed by atoms with Crippen molar-refractivity contribution in [1.82, 2.24) is 9.97 Å². The Morgan fingerprint density at radius 1 is 1.57 bits per heavy atom. The summed E-state index contributed by atoms with van der Waals surface area (Å²) in [6.07, 6.45) is 3.91. The summed E-state index contributed by atoms with van der Waals surface area (Å²) < 4.78 is 0. The Balaban J connectivity index is 2.56. The Bertz CT molecular complexity index is 290. The summed E-state index contributed by atoms with van der Waals surface area (Å²) in [6, 6.07) is 0.417. The van der Waals surface area contributed by atoms with Crippen LogP contribution in [-0.4, -0.2) is 22.1 Å². The predicted octanol–water partition coefficient (Wildman–Crippen LogP) is 1.67. The van der Waals surface area contributed by atoms with Gasteiger partial charge in [-0.05, 0) is 20.3 Å². The third kappa shape index (κ3) is 3.47. The molecule has 2 unspecified atom stereocenters. The lowest BCUT2D eigenvalue weighted by molar-refractivity contribution is 0.603. The number of hydrogen-bond acceptors (Lipinski definition) is 4. The molecule has 1 rings (SSSR count). The molecule has 0 aromatic carbocycles. The Hall–Kier alpha value is -0.870. The van der Waals surface area contributed by atoms with Crippen LogP contribution in [0.3, 0.4) is 0 Å². The second-order valence-corrected chi connectivity index (χ2v) is 3.88. The van der Waals surface area contributed by atoms with Crippen molar-refractivity contribution < 1.29 is 0 Å². The summed E-state index contributed by atoms with van der Waals surface area (Å²) in [5.74, 6) is 0.662. The normalized spacial score (nSPS) is 14.9. The molecule has 14 heavy (non-hydrogen) atoms. The molecule has 0 aliphatic heterocycles. The van der Waals surface area contributed by atoms with Crippen LogP contribution in [0, 0.1) is 0 Å². The zero-order chi connectivity index (χ0) is 10.6. The highest BCUT2D eigenvalue weighted by Gasteiger charge is 2.07. The van der Waals surface area contributed by atoms with E-state index in [9.17, 15) is 0 Å². The van der Waals surface area contributed by atoms with Crippen molar-refractivity contribution in [3.05, 3.63) is 17.5 Å². The second kappa shape index (κ2) is 5.12. The van der Waals surface area contributed by atoms with Crippen LogP contribution in [0.2, 0.25) is 5.02 Å². The first-order valence-corrected chi connectivity index (χ1v) is 4.95. The fraction of sp³-hybridized carbons (Fsp3) is 0.556. The van der Waals surface area contributed by atoms with Crippen molar-refractivity contribution in [2.24, 2.45) is 5.73 Å². The van der Waals surface area contributed by atoms with E-state index in [2.05, 4.69) is 15.3 Å². The van der Waals surface area contributed by atoms with Gasteiger partial charge in [-0.3, -0.25) is 0 Å². The largest absolute Gasteiger partial charge is 0.366 e. The fourth-order valence-electron chi connectivity index (χ4n) is 1.27. The van der Waals surface area contributed by atoms with E-state index in [1.807, 2.05) is 13.8 Å². The van der Waals surface area contributed by atoms with Crippen molar-refractivity contribution in [2.75, 3.05) is 5.32 Å². The van der Waals surface area contributed by atoms with Crippen LogP contribution in [0.1, 0.15) is 20.3 Å². The lowest BCUT2D eigenvalue weighted by atomic mass is 10.1. The van der Waals surface area contributed by atoms with Gasteiger partial charge in [-0.2, -0.15) is 0 Å². The van der Waals surface area contributed by atoms with E-state index in [0.29, 0.717) is 10.8 Å². The monoisotopic (exact) mass is 214 g/mol. The molecule has 3 N–H and O–H groups in total.